The lowest BCUT2D eigenvalue weighted by Crippen LogP contribution is -2.30. The molecule has 466 valence electrons. The molecule has 0 aromatic carbocycles. The minimum Gasteiger partial charge on any atom is -0.462 e. The summed E-state index contributed by atoms with van der Waals surface area (Å²) in [4.78, 5) is 38.3. The van der Waals surface area contributed by atoms with Crippen LogP contribution in [0.5, 0.6) is 0 Å². The van der Waals surface area contributed by atoms with Crippen LogP contribution in [0.3, 0.4) is 0 Å². The van der Waals surface area contributed by atoms with Crippen molar-refractivity contribution in [3.05, 3.63) is 134 Å². The van der Waals surface area contributed by atoms with Gasteiger partial charge in [0.2, 0.25) is 0 Å². The minimum atomic E-state index is -0.803. The molecule has 0 aliphatic rings. The second-order valence-electron chi connectivity index (χ2n) is 22.3. The number of hydrogen-bond donors (Lipinski definition) is 0. The van der Waals surface area contributed by atoms with Gasteiger partial charge in [0.25, 0.3) is 0 Å². The van der Waals surface area contributed by atoms with E-state index in [1.54, 1.807) is 0 Å². The second-order valence-corrected chi connectivity index (χ2v) is 22.3. The van der Waals surface area contributed by atoms with E-state index < -0.39 is 6.10 Å². The highest BCUT2D eigenvalue weighted by atomic mass is 16.6. The Balaban J connectivity index is 4.27. The smallest absolute Gasteiger partial charge is 0.306 e. The fourth-order valence-corrected chi connectivity index (χ4v) is 9.32. The Kier molecular flexibility index (Phi) is 65.3. The van der Waals surface area contributed by atoms with Crippen molar-refractivity contribution in [2.45, 2.75) is 316 Å². The highest BCUT2D eigenvalue weighted by Crippen LogP contribution is 2.16. The average molecular weight is 1140 g/mol. The zero-order valence-corrected chi connectivity index (χ0v) is 53.5. The van der Waals surface area contributed by atoms with Crippen LogP contribution in [0.15, 0.2) is 134 Å². The third-order valence-electron chi connectivity index (χ3n) is 14.4. The van der Waals surface area contributed by atoms with Crippen molar-refractivity contribution in [3.63, 3.8) is 0 Å². The molecule has 0 radical (unpaired) electrons. The molecule has 1 unspecified atom stereocenters. The predicted molar refractivity (Wildman–Crippen MR) is 357 cm³/mol. The van der Waals surface area contributed by atoms with E-state index in [1.165, 1.54) is 135 Å². The molecule has 6 heteroatoms. The number of ether oxygens (including phenoxy) is 3. The summed E-state index contributed by atoms with van der Waals surface area (Å²) in [7, 11) is 0. The van der Waals surface area contributed by atoms with Gasteiger partial charge in [-0.2, -0.15) is 0 Å². The molecule has 0 spiro atoms. The third-order valence-corrected chi connectivity index (χ3v) is 14.4. The molecule has 0 fully saturated rings. The van der Waals surface area contributed by atoms with Crippen molar-refractivity contribution in [1.82, 2.24) is 0 Å². The molecule has 0 aliphatic heterocycles. The minimum absolute atomic E-state index is 0.0960. The fourth-order valence-electron chi connectivity index (χ4n) is 9.32. The molecule has 0 aromatic rings. The van der Waals surface area contributed by atoms with Gasteiger partial charge in [-0.3, -0.25) is 14.4 Å². The first-order chi connectivity index (χ1) is 40.5. The van der Waals surface area contributed by atoms with Gasteiger partial charge >= 0.3 is 17.9 Å². The Labute approximate surface area is 506 Å². The van der Waals surface area contributed by atoms with Crippen LogP contribution in [0.4, 0.5) is 0 Å². The lowest BCUT2D eigenvalue weighted by Gasteiger charge is -2.18. The molecule has 0 bridgehead atoms. The number of rotatable bonds is 61. The van der Waals surface area contributed by atoms with E-state index >= 15 is 0 Å². The zero-order chi connectivity index (χ0) is 59.2. The second kappa shape index (κ2) is 69.0. The molecule has 0 aromatic heterocycles. The summed E-state index contributed by atoms with van der Waals surface area (Å²) in [6.07, 6.45) is 97.6. The Morgan fingerprint density at radius 3 is 0.780 bits per heavy atom. The summed E-state index contributed by atoms with van der Waals surface area (Å²) < 4.78 is 16.9. The quantitative estimate of drug-likeness (QED) is 0.0261. The summed E-state index contributed by atoms with van der Waals surface area (Å²) in [6.45, 7) is 6.38. The number of carbonyl (C=O) groups excluding carboxylic acids is 3. The van der Waals surface area contributed by atoms with Crippen molar-refractivity contribution in [2.75, 3.05) is 13.2 Å². The van der Waals surface area contributed by atoms with E-state index in [2.05, 4.69) is 154 Å². The topological polar surface area (TPSA) is 78.9 Å². The molecule has 0 amide bonds. The zero-order valence-electron chi connectivity index (χ0n) is 53.5. The van der Waals surface area contributed by atoms with Gasteiger partial charge in [0.15, 0.2) is 6.10 Å². The van der Waals surface area contributed by atoms with Gasteiger partial charge in [-0.25, -0.2) is 0 Å². The van der Waals surface area contributed by atoms with E-state index in [1.807, 2.05) is 0 Å². The largest absolute Gasteiger partial charge is 0.462 e. The van der Waals surface area contributed by atoms with Crippen molar-refractivity contribution in [1.29, 1.82) is 0 Å². The normalized spacial score (nSPS) is 13.0. The maximum atomic E-state index is 12.9. The molecular formula is C76H126O6. The van der Waals surface area contributed by atoms with Gasteiger partial charge < -0.3 is 14.2 Å². The molecule has 82 heavy (non-hydrogen) atoms. The van der Waals surface area contributed by atoms with Crippen molar-refractivity contribution >= 4 is 17.9 Å². The van der Waals surface area contributed by atoms with Crippen LogP contribution in [0.1, 0.15) is 310 Å². The lowest BCUT2D eigenvalue weighted by atomic mass is 10.0. The van der Waals surface area contributed by atoms with Gasteiger partial charge in [0, 0.05) is 19.3 Å². The van der Waals surface area contributed by atoms with E-state index in [0.717, 1.165) is 135 Å². The standard InChI is InChI=1S/C76H126O6/c1-4-7-10-13-16-19-22-25-28-30-31-32-33-34-35-36-37-38-39-40-41-42-43-44-45-46-49-51-54-57-60-63-66-69-75(78)81-72-73(71-80-74(77)68-65-62-59-56-53-50-47-27-24-21-18-15-12-9-6-3)82-76(79)70-67-64-61-58-55-52-48-29-26-23-20-17-14-11-8-5-2/h7,9-10,12,16,18-19,21,25,27-29,31-32,34-35,37-38,47-48,53,56,73H,4-6,8,11,13-15,17,20,22-24,26,30,33,36,39-46,49-52,54-55,57-72H2,1-3H3/b10-7-,12-9-,19-16-,21-18-,28-25-,32-31-,35-34-,38-37-,47-27-,48-29-,56-53-. The summed E-state index contributed by atoms with van der Waals surface area (Å²) in [5.74, 6) is -0.942. The summed E-state index contributed by atoms with van der Waals surface area (Å²) in [6, 6.07) is 0. The van der Waals surface area contributed by atoms with Gasteiger partial charge in [0.1, 0.15) is 13.2 Å². The monoisotopic (exact) mass is 1130 g/mol. The number of esters is 3. The highest BCUT2D eigenvalue weighted by molar-refractivity contribution is 5.71. The average Bonchev–Trinajstić information content (AvgIpc) is 3.47. The van der Waals surface area contributed by atoms with Crippen LogP contribution in [-0.2, 0) is 28.6 Å². The van der Waals surface area contributed by atoms with Crippen molar-refractivity contribution < 1.29 is 28.6 Å². The molecule has 0 N–H and O–H groups in total. The maximum Gasteiger partial charge on any atom is 0.306 e. The van der Waals surface area contributed by atoms with E-state index in [-0.39, 0.29) is 31.1 Å². The predicted octanol–water partition coefficient (Wildman–Crippen LogP) is 23.7. The maximum absolute atomic E-state index is 12.9. The van der Waals surface area contributed by atoms with Crippen molar-refractivity contribution in [3.8, 4) is 0 Å². The number of unbranched alkanes of at least 4 members (excludes halogenated alkanes) is 28. The lowest BCUT2D eigenvalue weighted by molar-refractivity contribution is -0.167. The van der Waals surface area contributed by atoms with Gasteiger partial charge in [-0.1, -0.05) is 289 Å². The number of hydrogen-bond acceptors (Lipinski definition) is 6. The van der Waals surface area contributed by atoms with Gasteiger partial charge in [-0.15, -0.1) is 0 Å². The van der Waals surface area contributed by atoms with Crippen LogP contribution < -0.4 is 0 Å². The Morgan fingerprint density at radius 2 is 0.476 bits per heavy atom. The number of allylic oxidation sites excluding steroid dienone is 22. The molecule has 0 saturated carbocycles. The SMILES string of the molecule is CC/C=C\C/C=C\C/C=C\C/C=C\C/C=C\C/C=C\CCCCCCCCCCCCCCCCC(=O)OCC(COC(=O)CCCC/C=C\C/C=C\C/C=C\C/C=C\CC)OC(=O)CCCCCCC/C=C\CCCCCCCCC. The van der Waals surface area contributed by atoms with E-state index in [9.17, 15) is 14.4 Å². The Morgan fingerprint density at radius 1 is 0.256 bits per heavy atom. The first kappa shape index (κ1) is 77.5. The molecular weight excluding hydrogens is 1010 g/mol. The Hall–Kier alpha value is -4.45. The van der Waals surface area contributed by atoms with Crippen LogP contribution in [0, 0.1) is 0 Å². The molecule has 0 aliphatic carbocycles. The molecule has 0 saturated heterocycles. The van der Waals surface area contributed by atoms with Gasteiger partial charge in [0.05, 0.1) is 0 Å². The Bertz CT molecular complexity index is 1730. The summed E-state index contributed by atoms with van der Waals surface area (Å²) >= 11 is 0. The highest BCUT2D eigenvalue weighted by Gasteiger charge is 2.19. The van der Waals surface area contributed by atoms with Crippen LogP contribution in [-0.4, -0.2) is 37.2 Å². The summed E-state index contributed by atoms with van der Waals surface area (Å²) in [5.41, 5.74) is 0. The van der Waals surface area contributed by atoms with Crippen LogP contribution in [0.25, 0.3) is 0 Å². The fraction of sp³-hybridized carbons (Fsp3) is 0.671. The molecule has 0 rings (SSSR count). The molecule has 6 nitrogen and oxygen atoms in total. The molecule has 1 atom stereocenters. The van der Waals surface area contributed by atoms with Crippen LogP contribution in [0.2, 0.25) is 0 Å². The van der Waals surface area contributed by atoms with E-state index in [0.29, 0.717) is 19.3 Å². The molecule has 0 heterocycles. The van der Waals surface area contributed by atoms with Crippen LogP contribution >= 0.6 is 0 Å². The van der Waals surface area contributed by atoms with Gasteiger partial charge in [-0.05, 0) is 135 Å². The third kappa shape index (κ3) is 66.4. The first-order valence-corrected chi connectivity index (χ1v) is 34.2. The van der Waals surface area contributed by atoms with Crippen molar-refractivity contribution in [2.24, 2.45) is 0 Å². The number of carbonyl (C=O) groups is 3. The first-order valence-electron chi connectivity index (χ1n) is 34.2. The summed E-state index contributed by atoms with van der Waals surface area (Å²) in [5, 5.41) is 0. The van der Waals surface area contributed by atoms with E-state index in [4.69, 9.17) is 14.2 Å².